The van der Waals surface area contributed by atoms with Crippen LogP contribution < -0.4 is 0 Å². The molecule has 3 nitrogen and oxygen atoms in total. The largest absolute Gasteiger partial charge is 0.478 e. The number of aryl methyl sites for hydroxylation is 1. The molecule has 0 aromatic heterocycles. The van der Waals surface area contributed by atoms with Crippen LogP contribution in [-0.4, -0.2) is 23.0 Å². The Labute approximate surface area is 88.5 Å². The number of rotatable bonds is 2. The van der Waals surface area contributed by atoms with E-state index in [0.717, 1.165) is 12.1 Å². The Morgan fingerprint density at radius 2 is 1.81 bits per heavy atom. The van der Waals surface area contributed by atoms with Gasteiger partial charge in [0.2, 0.25) is 0 Å². The van der Waals surface area contributed by atoms with Crippen LogP contribution in [-0.2, 0) is 0 Å². The van der Waals surface area contributed by atoms with E-state index < -0.39 is 23.5 Å². The highest BCUT2D eigenvalue weighted by atomic mass is 19.4. The molecule has 6 heteroatoms. The first-order valence-corrected chi connectivity index (χ1v) is 4.19. The van der Waals surface area contributed by atoms with Crippen molar-refractivity contribution in [3.8, 4) is 0 Å². The van der Waals surface area contributed by atoms with Gasteiger partial charge >= 0.3 is 12.1 Å². The number of hydrogen-bond donors (Lipinski definition) is 1. The van der Waals surface area contributed by atoms with E-state index in [-0.39, 0.29) is 5.56 Å². The number of hydrogen-bond acceptors (Lipinski definition) is 2. The number of benzene rings is 1. The van der Waals surface area contributed by atoms with Gasteiger partial charge in [-0.05, 0) is 18.6 Å². The Kier molecular flexibility index (Phi) is 3.02. The lowest BCUT2D eigenvalue weighted by Gasteiger charge is -2.07. The third kappa shape index (κ3) is 2.39. The Hall–Kier alpha value is -1.85. The van der Waals surface area contributed by atoms with Crippen molar-refractivity contribution in [3.05, 3.63) is 34.9 Å². The van der Waals surface area contributed by atoms with Gasteiger partial charge in [-0.3, -0.25) is 4.79 Å². The maximum atomic E-state index is 12.1. The fourth-order valence-corrected chi connectivity index (χ4v) is 1.16. The average molecular weight is 232 g/mol. The third-order valence-electron chi connectivity index (χ3n) is 1.99. The molecule has 1 aromatic rings. The van der Waals surface area contributed by atoms with Crippen LogP contribution in [0.3, 0.4) is 0 Å². The highest BCUT2D eigenvalue weighted by Crippen LogP contribution is 2.22. The monoisotopic (exact) mass is 232 g/mol. The first-order valence-electron chi connectivity index (χ1n) is 4.19. The second-order valence-electron chi connectivity index (χ2n) is 3.16. The SMILES string of the molecule is Cc1ccc(C(=O)C(F)(F)F)cc1C(=O)O. The molecule has 0 aliphatic heterocycles. The van der Waals surface area contributed by atoms with Crippen LogP contribution in [0.15, 0.2) is 18.2 Å². The molecular weight excluding hydrogens is 225 g/mol. The van der Waals surface area contributed by atoms with Crippen LogP contribution in [0.2, 0.25) is 0 Å². The second-order valence-corrected chi connectivity index (χ2v) is 3.16. The van der Waals surface area contributed by atoms with Crippen LogP contribution in [0.1, 0.15) is 26.3 Å². The van der Waals surface area contributed by atoms with Gasteiger partial charge in [-0.25, -0.2) is 4.79 Å². The Balaban J connectivity index is 3.24. The molecule has 0 heterocycles. The zero-order chi connectivity index (χ0) is 12.5. The molecule has 86 valence electrons. The highest BCUT2D eigenvalue weighted by molar-refractivity contribution is 6.02. The summed E-state index contributed by atoms with van der Waals surface area (Å²) in [5.74, 6) is -3.41. The first-order chi connectivity index (χ1) is 7.23. The van der Waals surface area contributed by atoms with Crippen LogP contribution >= 0.6 is 0 Å². The molecule has 0 atom stereocenters. The van der Waals surface area contributed by atoms with Gasteiger partial charge in [0.25, 0.3) is 5.78 Å². The Bertz CT molecular complexity index is 449. The summed E-state index contributed by atoms with van der Waals surface area (Å²) in [6.07, 6.45) is -5.00. The molecule has 0 spiro atoms. The highest BCUT2D eigenvalue weighted by Gasteiger charge is 2.39. The molecule has 0 amide bonds. The van der Waals surface area contributed by atoms with E-state index >= 15 is 0 Å². The van der Waals surface area contributed by atoms with Gasteiger partial charge < -0.3 is 5.11 Å². The Morgan fingerprint density at radius 3 is 2.25 bits per heavy atom. The lowest BCUT2D eigenvalue weighted by Crippen LogP contribution is -2.23. The van der Waals surface area contributed by atoms with Crippen LogP contribution in [0.4, 0.5) is 13.2 Å². The molecule has 0 fully saturated rings. The van der Waals surface area contributed by atoms with Crippen LogP contribution in [0.25, 0.3) is 0 Å². The Morgan fingerprint density at radius 1 is 1.25 bits per heavy atom. The van der Waals surface area contributed by atoms with Crippen molar-refractivity contribution in [1.82, 2.24) is 0 Å². The standard InChI is InChI=1S/C10H7F3O3/c1-5-2-3-6(4-7(5)9(15)16)8(14)10(11,12)13/h2-4H,1H3,(H,15,16). The summed E-state index contributed by atoms with van der Waals surface area (Å²) in [7, 11) is 0. The number of alkyl halides is 3. The molecular formula is C10H7F3O3. The fourth-order valence-electron chi connectivity index (χ4n) is 1.16. The quantitative estimate of drug-likeness (QED) is 0.796. The lowest BCUT2D eigenvalue weighted by molar-refractivity contribution is -0.0885. The van der Waals surface area contributed by atoms with E-state index in [1.807, 2.05) is 0 Å². The van der Waals surface area contributed by atoms with Gasteiger partial charge in [0.15, 0.2) is 0 Å². The number of aromatic carboxylic acids is 1. The molecule has 0 saturated heterocycles. The molecule has 0 radical (unpaired) electrons. The molecule has 1 N–H and O–H groups in total. The second kappa shape index (κ2) is 3.96. The van der Waals surface area contributed by atoms with E-state index in [1.165, 1.54) is 13.0 Å². The summed E-state index contributed by atoms with van der Waals surface area (Å²) in [6.45, 7) is 1.44. The minimum absolute atomic E-state index is 0.297. The topological polar surface area (TPSA) is 54.4 Å². The summed E-state index contributed by atoms with van der Waals surface area (Å²) in [4.78, 5) is 21.5. The minimum Gasteiger partial charge on any atom is -0.478 e. The van der Waals surface area contributed by atoms with Gasteiger partial charge in [-0.1, -0.05) is 12.1 Å². The molecule has 0 aliphatic carbocycles. The number of ketones is 1. The van der Waals surface area contributed by atoms with Crippen molar-refractivity contribution < 1.29 is 27.9 Å². The molecule has 0 aliphatic rings. The van der Waals surface area contributed by atoms with Crippen molar-refractivity contribution in [2.45, 2.75) is 13.1 Å². The smallest absolute Gasteiger partial charge is 0.454 e. The zero-order valence-corrected chi connectivity index (χ0v) is 8.13. The number of carbonyl (C=O) groups is 2. The predicted octanol–water partition coefficient (Wildman–Crippen LogP) is 2.44. The number of Topliss-reactive ketones (excluding diaryl/α,β-unsaturated/α-hetero) is 1. The van der Waals surface area contributed by atoms with Crippen molar-refractivity contribution in [3.63, 3.8) is 0 Å². The van der Waals surface area contributed by atoms with E-state index in [2.05, 4.69) is 0 Å². The van der Waals surface area contributed by atoms with Crippen LogP contribution in [0, 0.1) is 6.92 Å². The van der Waals surface area contributed by atoms with Crippen molar-refractivity contribution in [2.24, 2.45) is 0 Å². The predicted molar refractivity (Wildman–Crippen MR) is 48.5 cm³/mol. The van der Waals surface area contributed by atoms with Crippen molar-refractivity contribution in [1.29, 1.82) is 0 Å². The normalized spacial score (nSPS) is 11.2. The molecule has 0 saturated carbocycles. The average Bonchev–Trinajstić information content (AvgIpc) is 2.15. The zero-order valence-electron chi connectivity index (χ0n) is 8.13. The van der Waals surface area contributed by atoms with E-state index in [0.29, 0.717) is 5.56 Å². The molecule has 16 heavy (non-hydrogen) atoms. The van der Waals surface area contributed by atoms with E-state index in [1.54, 1.807) is 0 Å². The summed E-state index contributed by atoms with van der Waals surface area (Å²) in [6, 6.07) is 2.85. The van der Waals surface area contributed by atoms with Crippen molar-refractivity contribution >= 4 is 11.8 Å². The summed E-state index contributed by atoms with van der Waals surface area (Å²) < 4.78 is 36.2. The van der Waals surface area contributed by atoms with E-state index in [4.69, 9.17) is 5.11 Å². The molecule has 1 rings (SSSR count). The first kappa shape index (κ1) is 12.2. The molecule has 0 unspecified atom stereocenters. The summed E-state index contributed by atoms with van der Waals surface area (Å²) >= 11 is 0. The molecule has 0 bridgehead atoms. The van der Waals surface area contributed by atoms with E-state index in [9.17, 15) is 22.8 Å². The third-order valence-corrected chi connectivity index (χ3v) is 1.99. The molecule has 1 aromatic carbocycles. The van der Waals surface area contributed by atoms with Gasteiger partial charge in [0.05, 0.1) is 5.56 Å². The number of carboxylic acid groups (broad SMARTS) is 1. The van der Waals surface area contributed by atoms with Gasteiger partial charge in [0.1, 0.15) is 0 Å². The maximum absolute atomic E-state index is 12.1. The number of carboxylic acids is 1. The van der Waals surface area contributed by atoms with Gasteiger partial charge in [-0.2, -0.15) is 13.2 Å². The van der Waals surface area contributed by atoms with Crippen LogP contribution in [0.5, 0.6) is 0 Å². The maximum Gasteiger partial charge on any atom is 0.454 e. The minimum atomic E-state index is -5.00. The van der Waals surface area contributed by atoms with Gasteiger partial charge in [0, 0.05) is 5.56 Å². The summed E-state index contributed by atoms with van der Waals surface area (Å²) in [5.41, 5.74) is -0.683. The summed E-state index contributed by atoms with van der Waals surface area (Å²) in [5, 5.41) is 8.68. The fraction of sp³-hybridized carbons (Fsp3) is 0.200. The number of carbonyl (C=O) groups excluding carboxylic acids is 1. The number of halogens is 3. The lowest BCUT2D eigenvalue weighted by atomic mass is 10.0. The van der Waals surface area contributed by atoms with Crippen molar-refractivity contribution in [2.75, 3.05) is 0 Å². The van der Waals surface area contributed by atoms with Gasteiger partial charge in [-0.15, -0.1) is 0 Å².